The third-order valence-electron chi connectivity index (χ3n) is 9.14. The van der Waals surface area contributed by atoms with Crippen molar-refractivity contribution in [2.24, 2.45) is 0 Å². The van der Waals surface area contributed by atoms with E-state index in [1.807, 2.05) is 12.1 Å². The van der Waals surface area contributed by atoms with Gasteiger partial charge in [0.2, 0.25) is 0 Å². The molecule has 0 spiro atoms. The molecule has 0 bridgehead atoms. The summed E-state index contributed by atoms with van der Waals surface area (Å²) in [4.78, 5) is 0. The van der Waals surface area contributed by atoms with Crippen LogP contribution in [0.1, 0.15) is 116 Å². The SMILES string of the molecule is CCCCCCCCCCCC(c1ccccc1O)(C(C)(C)c1ccccc1)C(C)(C)c1ccccc1. The molecule has 0 aromatic heterocycles. The number of phenolic OH excluding ortho intramolecular Hbond substituents is 1. The van der Waals surface area contributed by atoms with Crippen molar-refractivity contribution in [3.05, 3.63) is 102 Å². The van der Waals surface area contributed by atoms with Gasteiger partial charge in [-0.2, -0.15) is 0 Å². The maximum Gasteiger partial charge on any atom is 0.119 e. The molecule has 0 aliphatic heterocycles. The highest BCUT2D eigenvalue weighted by Crippen LogP contribution is 2.59. The van der Waals surface area contributed by atoms with Crippen molar-refractivity contribution >= 4 is 0 Å². The maximum atomic E-state index is 11.4. The molecule has 0 heterocycles. The number of phenols is 1. The minimum Gasteiger partial charge on any atom is -0.508 e. The van der Waals surface area contributed by atoms with E-state index in [2.05, 4.69) is 107 Å². The normalized spacial score (nSPS) is 12.6. The fraction of sp³-hybridized carbons (Fsp3) is 0.500. The molecule has 0 saturated carbocycles. The first-order valence-electron chi connectivity index (χ1n) is 14.7. The van der Waals surface area contributed by atoms with E-state index in [9.17, 15) is 5.11 Å². The predicted octanol–water partition coefficient (Wildman–Crippen LogP) is 10.5. The molecule has 0 radical (unpaired) electrons. The zero-order chi connectivity index (χ0) is 26.8. The quantitative estimate of drug-likeness (QED) is 0.207. The maximum absolute atomic E-state index is 11.4. The molecule has 0 saturated heterocycles. The van der Waals surface area contributed by atoms with Gasteiger partial charge in [-0.25, -0.2) is 0 Å². The monoisotopic (exact) mass is 498 g/mol. The Balaban J connectivity index is 2.04. The van der Waals surface area contributed by atoms with E-state index >= 15 is 0 Å². The third-order valence-corrected chi connectivity index (χ3v) is 9.14. The van der Waals surface area contributed by atoms with Gasteiger partial charge >= 0.3 is 0 Å². The molecule has 3 aromatic rings. The first kappa shape index (κ1) is 29.0. The summed E-state index contributed by atoms with van der Waals surface area (Å²) in [6, 6.07) is 30.0. The van der Waals surface area contributed by atoms with Crippen molar-refractivity contribution in [1.29, 1.82) is 0 Å². The highest BCUT2D eigenvalue weighted by molar-refractivity contribution is 5.50. The van der Waals surface area contributed by atoms with Crippen LogP contribution in [0.3, 0.4) is 0 Å². The van der Waals surface area contributed by atoms with E-state index in [0.717, 1.165) is 18.4 Å². The summed E-state index contributed by atoms with van der Waals surface area (Å²) in [5.74, 6) is 0.409. The molecule has 200 valence electrons. The lowest BCUT2D eigenvalue weighted by molar-refractivity contribution is 0.120. The van der Waals surface area contributed by atoms with Crippen LogP contribution in [-0.2, 0) is 16.2 Å². The van der Waals surface area contributed by atoms with E-state index in [4.69, 9.17) is 0 Å². The van der Waals surface area contributed by atoms with Crippen LogP contribution in [-0.4, -0.2) is 5.11 Å². The largest absolute Gasteiger partial charge is 0.508 e. The second-order valence-corrected chi connectivity index (χ2v) is 12.0. The predicted molar refractivity (Wildman–Crippen MR) is 161 cm³/mol. The first-order chi connectivity index (χ1) is 17.8. The standard InChI is InChI=1S/C36H50O/c1-6-7-8-9-10-11-12-13-22-29-36(32-27-20-21-28-33(32)37,34(2,3)30-23-16-14-17-24-30)35(4,5)31-25-18-15-19-26-31/h14-21,23-28,37H,6-13,22,29H2,1-5H3. The molecule has 1 heteroatoms. The molecule has 0 aliphatic rings. The summed E-state index contributed by atoms with van der Waals surface area (Å²) in [6.45, 7) is 11.9. The van der Waals surface area contributed by atoms with Crippen LogP contribution in [0, 0.1) is 0 Å². The van der Waals surface area contributed by atoms with E-state index in [-0.39, 0.29) is 16.2 Å². The molecule has 1 N–H and O–H groups in total. The van der Waals surface area contributed by atoms with Crippen LogP contribution in [0.15, 0.2) is 84.9 Å². The zero-order valence-electron chi connectivity index (χ0n) is 24.1. The highest BCUT2D eigenvalue weighted by Gasteiger charge is 2.57. The van der Waals surface area contributed by atoms with Crippen LogP contribution in [0.25, 0.3) is 0 Å². The number of hydrogen-bond acceptors (Lipinski definition) is 1. The Kier molecular flexibility index (Phi) is 10.4. The Morgan fingerprint density at radius 2 is 0.919 bits per heavy atom. The van der Waals surface area contributed by atoms with Crippen LogP contribution in [0.4, 0.5) is 0 Å². The molecule has 3 rings (SSSR count). The Labute approximate surface area is 227 Å². The van der Waals surface area contributed by atoms with Crippen LogP contribution < -0.4 is 0 Å². The second kappa shape index (κ2) is 13.3. The minimum atomic E-state index is -0.324. The first-order valence-corrected chi connectivity index (χ1v) is 14.7. The Hall–Kier alpha value is -2.54. The van der Waals surface area contributed by atoms with Gasteiger partial charge in [-0.15, -0.1) is 0 Å². The number of hydrogen-bond donors (Lipinski definition) is 1. The van der Waals surface area contributed by atoms with Gasteiger partial charge in [-0.1, -0.05) is 171 Å². The minimum absolute atomic E-state index is 0.230. The van der Waals surface area contributed by atoms with Gasteiger partial charge < -0.3 is 5.11 Å². The summed E-state index contributed by atoms with van der Waals surface area (Å²) >= 11 is 0. The smallest absolute Gasteiger partial charge is 0.119 e. The van der Waals surface area contributed by atoms with Crippen molar-refractivity contribution < 1.29 is 5.11 Å². The summed E-state index contributed by atoms with van der Waals surface area (Å²) in [6.07, 6.45) is 12.8. The van der Waals surface area contributed by atoms with Crippen molar-refractivity contribution in [3.63, 3.8) is 0 Å². The van der Waals surface area contributed by atoms with Gasteiger partial charge in [0.1, 0.15) is 5.75 Å². The molecule has 1 nitrogen and oxygen atoms in total. The molecule has 0 aliphatic carbocycles. The fourth-order valence-electron chi connectivity index (χ4n) is 6.95. The molecule has 0 atom stereocenters. The van der Waals surface area contributed by atoms with Crippen LogP contribution >= 0.6 is 0 Å². The fourth-order valence-corrected chi connectivity index (χ4v) is 6.95. The van der Waals surface area contributed by atoms with Gasteiger partial charge in [0.15, 0.2) is 0 Å². The number of aromatic hydroxyl groups is 1. The van der Waals surface area contributed by atoms with E-state index in [1.165, 1.54) is 62.5 Å². The van der Waals surface area contributed by atoms with E-state index in [0.29, 0.717) is 5.75 Å². The molecular weight excluding hydrogens is 448 g/mol. The summed E-state index contributed by atoms with van der Waals surface area (Å²) in [5, 5.41) is 11.4. The number of rotatable bonds is 15. The number of benzene rings is 3. The van der Waals surface area contributed by atoms with Crippen LogP contribution in [0.2, 0.25) is 0 Å². The number of para-hydroxylation sites is 1. The average molecular weight is 499 g/mol. The Morgan fingerprint density at radius 3 is 1.38 bits per heavy atom. The van der Waals surface area contributed by atoms with E-state index in [1.54, 1.807) is 0 Å². The lowest BCUT2D eigenvalue weighted by Gasteiger charge is -2.57. The van der Waals surface area contributed by atoms with Crippen molar-refractivity contribution in [3.8, 4) is 5.75 Å². The third kappa shape index (κ3) is 6.31. The Morgan fingerprint density at radius 1 is 0.514 bits per heavy atom. The molecule has 37 heavy (non-hydrogen) atoms. The lowest BCUT2D eigenvalue weighted by Crippen LogP contribution is -2.57. The Bertz CT molecular complexity index is 997. The zero-order valence-corrected chi connectivity index (χ0v) is 24.1. The summed E-state index contributed by atoms with van der Waals surface area (Å²) in [5.41, 5.74) is 2.92. The van der Waals surface area contributed by atoms with Crippen molar-refractivity contribution in [2.45, 2.75) is 115 Å². The van der Waals surface area contributed by atoms with Gasteiger partial charge in [0.05, 0.1) is 0 Å². The van der Waals surface area contributed by atoms with Gasteiger partial charge in [-0.3, -0.25) is 0 Å². The molecule has 0 unspecified atom stereocenters. The van der Waals surface area contributed by atoms with Crippen molar-refractivity contribution in [2.75, 3.05) is 0 Å². The molecule has 0 amide bonds. The van der Waals surface area contributed by atoms with Gasteiger partial charge in [0.25, 0.3) is 0 Å². The highest BCUT2D eigenvalue weighted by atomic mass is 16.3. The van der Waals surface area contributed by atoms with E-state index < -0.39 is 0 Å². The molecule has 3 aromatic carbocycles. The topological polar surface area (TPSA) is 20.2 Å². The summed E-state index contributed by atoms with van der Waals surface area (Å²) < 4.78 is 0. The second-order valence-electron chi connectivity index (χ2n) is 12.0. The van der Waals surface area contributed by atoms with Crippen LogP contribution in [0.5, 0.6) is 5.75 Å². The average Bonchev–Trinajstić information content (AvgIpc) is 2.91. The summed E-state index contributed by atoms with van der Waals surface area (Å²) in [7, 11) is 0. The molecule has 0 fully saturated rings. The lowest BCUT2D eigenvalue weighted by atomic mass is 9.45. The molecular formula is C36H50O. The van der Waals surface area contributed by atoms with Crippen molar-refractivity contribution in [1.82, 2.24) is 0 Å². The number of unbranched alkanes of at least 4 members (excludes halogenated alkanes) is 8. The van der Waals surface area contributed by atoms with Gasteiger partial charge in [0, 0.05) is 21.8 Å². The van der Waals surface area contributed by atoms with Gasteiger partial charge in [-0.05, 0) is 23.6 Å².